The van der Waals surface area contributed by atoms with E-state index >= 15 is 0 Å². The SMILES string of the molecule is C=C(C)COc1ccc2c(=O)c3ccccc3oc2c1C(=O)/C=C/c1c(Cl)cccc1Cl. The number of rotatable bonds is 6. The van der Waals surface area contributed by atoms with E-state index < -0.39 is 5.78 Å². The van der Waals surface area contributed by atoms with Gasteiger partial charge in [-0.25, -0.2) is 0 Å². The minimum atomic E-state index is -0.415. The highest BCUT2D eigenvalue weighted by atomic mass is 35.5. The maximum absolute atomic E-state index is 13.3. The summed E-state index contributed by atoms with van der Waals surface area (Å²) in [7, 11) is 0. The third kappa shape index (κ3) is 4.20. The number of carbonyl (C=O) groups is 1. The van der Waals surface area contributed by atoms with Crippen LogP contribution in [0.25, 0.3) is 28.0 Å². The molecular weight excluding hydrogens is 447 g/mol. The number of benzene rings is 3. The minimum absolute atomic E-state index is 0.144. The molecule has 0 aliphatic rings. The summed E-state index contributed by atoms with van der Waals surface area (Å²) in [6.45, 7) is 5.86. The van der Waals surface area contributed by atoms with Gasteiger partial charge in [0.05, 0.1) is 10.8 Å². The summed E-state index contributed by atoms with van der Waals surface area (Å²) in [5.74, 6) is -0.124. The van der Waals surface area contributed by atoms with Crippen molar-refractivity contribution in [1.29, 1.82) is 0 Å². The van der Waals surface area contributed by atoms with Gasteiger partial charge in [-0.15, -0.1) is 0 Å². The van der Waals surface area contributed by atoms with Gasteiger partial charge < -0.3 is 9.15 Å². The molecule has 4 aromatic rings. The Labute approximate surface area is 194 Å². The zero-order chi connectivity index (χ0) is 22.8. The second-order valence-corrected chi connectivity index (χ2v) is 8.14. The van der Waals surface area contributed by atoms with E-state index in [1.54, 1.807) is 54.6 Å². The van der Waals surface area contributed by atoms with Crippen LogP contribution in [0.15, 0.2) is 82.0 Å². The average molecular weight is 465 g/mol. The number of ether oxygens (including phenoxy) is 1. The number of halogens is 2. The van der Waals surface area contributed by atoms with Crippen molar-refractivity contribution in [3.63, 3.8) is 0 Å². The van der Waals surface area contributed by atoms with Crippen LogP contribution in [0.3, 0.4) is 0 Å². The Morgan fingerprint density at radius 1 is 1.03 bits per heavy atom. The fourth-order valence-electron chi connectivity index (χ4n) is 3.31. The van der Waals surface area contributed by atoms with Gasteiger partial charge in [0.15, 0.2) is 11.4 Å². The molecule has 0 saturated heterocycles. The van der Waals surface area contributed by atoms with Gasteiger partial charge in [-0.05, 0) is 61.0 Å². The van der Waals surface area contributed by atoms with E-state index in [1.165, 1.54) is 12.2 Å². The van der Waals surface area contributed by atoms with Crippen LogP contribution in [0.1, 0.15) is 22.8 Å². The van der Waals surface area contributed by atoms with Gasteiger partial charge >= 0.3 is 0 Å². The van der Waals surface area contributed by atoms with Gasteiger partial charge in [0.1, 0.15) is 23.5 Å². The third-order valence-electron chi connectivity index (χ3n) is 4.83. The molecule has 0 spiro atoms. The Hall–Kier alpha value is -3.34. The first-order chi connectivity index (χ1) is 15.4. The van der Waals surface area contributed by atoms with Gasteiger partial charge in [0.25, 0.3) is 0 Å². The molecule has 1 heterocycles. The van der Waals surface area contributed by atoms with Crippen LogP contribution >= 0.6 is 23.2 Å². The summed E-state index contributed by atoms with van der Waals surface area (Å²) in [5.41, 5.74) is 1.76. The van der Waals surface area contributed by atoms with Gasteiger partial charge in [0.2, 0.25) is 5.43 Å². The fourth-order valence-corrected chi connectivity index (χ4v) is 3.84. The highest BCUT2D eigenvalue weighted by Crippen LogP contribution is 2.31. The minimum Gasteiger partial charge on any atom is -0.488 e. The lowest BCUT2D eigenvalue weighted by atomic mass is 10.0. The lowest BCUT2D eigenvalue weighted by Gasteiger charge is -2.12. The van der Waals surface area contributed by atoms with Crippen molar-refractivity contribution in [2.45, 2.75) is 6.92 Å². The summed E-state index contributed by atoms with van der Waals surface area (Å²) < 4.78 is 11.8. The molecule has 3 aromatic carbocycles. The molecule has 1 aromatic heterocycles. The second kappa shape index (κ2) is 9.03. The van der Waals surface area contributed by atoms with Crippen LogP contribution in [-0.4, -0.2) is 12.4 Å². The summed E-state index contributed by atoms with van der Waals surface area (Å²) >= 11 is 12.4. The third-order valence-corrected chi connectivity index (χ3v) is 5.49. The van der Waals surface area contributed by atoms with Gasteiger partial charge in [-0.1, -0.05) is 48.0 Å². The van der Waals surface area contributed by atoms with Crippen LogP contribution in [0.5, 0.6) is 5.75 Å². The Morgan fingerprint density at radius 2 is 1.75 bits per heavy atom. The maximum atomic E-state index is 13.3. The van der Waals surface area contributed by atoms with Crippen molar-refractivity contribution in [3.8, 4) is 5.75 Å². The zero-order valence-electron chi connectivity index (χ0n) is 17.2. The van der Waals surface area contributed by atoms with Crippen LogP contribution in [0, 0.1) is 0 Å². The standard InChI is InChI=1S/C26H18Cl2O4/c1-15(2)14-31-23-13-11-18-25(30)17-6-3-4-9-22(17)32-26(18)24(23)21(29)12-10-16-19(27)7-5-8-20(16)28/h3-13H,1,14H2,2H3/b12-10+. The number of hydrogen-bond donors (Lipinski definition) is 0. The molecule has 4 nitrogen and oxygen atoms in total. The molecule has 6 heteroatoms. The predicted molar refractivity (Wildman–Crippen MR) is 130 cm³/mol. The van der Waals surface area contributed by atoms with Crippen molar-refractivity contribution < 1.29 is 13.9 Å². The number of carbonyl (C=O) groups excluding carboxylic acids is 1. The predicted octanol–water partition coefficient (Wildman–Crippen LogP) is 7.10. The molecule has 0 radical (unpaired) electrons. The molecule has 0 aliphatic carbocycles. The van der Waals surface area contributed by atoms with E-state index in [4.69, 9.17) is 32.4 Å². The van der Waals surface area contributed by atoms with Crippen molar-refractivity contribution in [2.75, 3.05) is 6.61 Å². The van der Waals surface area contributed by atoms with Crippen molar-refractivity contribution >= 4 is 57.0 Å². The molecule has 0 fully saturated rings. The maximum Gasteiger partial charge on any atom is 0.200 e. The first kappa shape index (κ1) is 21.9. The summed E-state index contributed by atoms with van der Waals surface area (Å²) in [6.07, 6.45) is 2.87. The van der Waals surface area contributed by atoms with E-state index in [9.17, 15) is 9.59 Å². The fraction of sp³-hybridized carbons (Fsp3) is 0.0769. The molecule has 0 saturated carbocycles. The molecule has 0 aliphatic heterocycles. The van der Waals surface area contributed by atoms with E-state index in [-0.39, 0.29) is 23.2 Å². The first-order valence-electron chi connectivity index (χ1n) is 9.79. The number of para-hydroxylation sites is 1. The molecule has 0 unspecified atom stereocenters. The molecule has 0 N–H and O–H groups in total. The lowest BCUT2D eigenvalue weighted by Crippen LogP contribution is -2.09. The zero-order valence-corrected chi connectivity index (χ0v) is 18.7. The van der Waals surface area contributed by atoms with Gasteiger partial charge in [0, 0.05) is 15.6 Å². The number of ketones is 1. The molecule has 0 atom stereocenters. The summed E-state index contributed by atoms with van der Waals surface area (Å²) in [4.78, 5) is 26.4. The quantitative estimate of drug-likeness (QED) is 0.132. The van der Waals surface area contributed by atoms with Crippen molar-refractivity contribution in [1.82, 2.24) is 0 Å². The Morgan fingerprint density at radius 3 is 2.47 bits per heavy atom. The van der Waals surface area contributed by atoms with Gasteiger partial charge in [-0.2, -0.15) is 0 Å². The number of hydrogen-bond acceptors (Lipinski definition) is 4. The molecule has 4 rings (SSSR count). The average Bonchev–Trinajstić information content (AvgIpc) is 2.77. The Bertz CT molecular complexity index is 1440. The first-order valence-corrected chi connectivity index (χ1v) is 10.5. The molecule has 0 bridgehead atoms. The van der Waals surface area contributed by atoms with Crippen LogP contribution in [-0.2, 0) is 0 Å². The van der Waals surface area contributed by atoms with E-state index in [1.807, 2.05) is 6.92 Å². The Balaban J connectivity index is 1.92. The molecule has 160 valence electrons. The smallest absolute Gasteiger partial charge is 0.200 e. The van der Waals surface area contributed by atoms with Crippen molar-refractivity contribution in [3.05, 3.63) is 104 Å². The highest BCUT2D eigenvalue weighted by molar-refractivity contribution is 6.37. The second-order valence-electron chi connectivity index (χ2n) is 7.32. The highest BCUT2D eigenvalue weighted by Gasteiger charge is 2.20. The number of allylic oxidation sites excluding steroid dienone is 1. The Kier molecular flexibility index (Phi) is 6.17. The largest absolute Gasteiger partial charge is 0.488 e. The monoisotopic (exact) mass is 464 g/mol. The van der Waals surface area contributed by atoms with E-state index in [0.717, 1.165) is 5.57 Å². The lowest BCUT2D eigenvalue weighted by molar-refractivity contribution is 0.104. The summed E-state index contributed by atoms with van der Waals surface area (Å²) in [6, 6.07) is 15.2. The van der Waals surface area contributed by atoms with Crippen LogP contribution in [0.4, 0.5) is 0 Å². The normalized spacial score (nSPS) is 11.3. The number of fused-ring (bicyclic) bond motifs is 2. The molecule has 32 heavy (non-hydrogen) atoms. The van der Waals surface area contributed by atoms with Crippen LogP contribution in [0.2, 0.25) is 10.0 Å². The molecular formula is C26H18Cl2O4. The summed E-state index contributed by atoms with van der Waals surface area (Å²) in [5, 5.41) is 1.55. The van der Waals surface area contributed by atoms with Crippen molar-refractivity contribution in [2.24, 2.45) is 0 Å². The molecule has 0 amide bonds. The van der Waals surface area contributed by atoms with Crippen LogP contribution < -0.4 is 10.2 Å². The topological polar surface area (TPSA) is 56.5 Å². The van der Waals surface area contributed by atoms with E-state index in [0.29, 0.717) is 37.7 Å². The van der Waals surface area contributed by atoms with Gasteiger partial charge in [-0.3, -0.25) is 9.59 Å². The van der Waals surface area contributed by atoms with E-state index in [2.05, 4.69) is 6.58 Å².